The lowest BCUT2D eigenvalue weighted by molar-refractivity contribution is 1.92. The van der Waals surface area contributed by atoms with Crippen molar-refractivity contribution < 1.29 is 0 Å². The van der Waals surface area contributed by atoms with Crippen LogP contribution >= 0.6 is 0 Å². The lowest BCUT2D eigenvalue weighted by atomic mass is 10.4. The normalized spacial score (nSPS) is 6.27. The van der Waals surface area contributed by atoms with E-state index in [2.05, 4.69) is 42.1 Å². The third-order valence-corrected chi connectivity index (χ3v) is 0.700. The predicted octanol–water partition coefficient (Wildman–Crippen LogP) is 1.76. The molecule has 0 saturated carbocycles. The molecular weight excluding hydrogens is 132 g/mol. The molecule has 0 aliphatic carbocycles. The third kappa shape index (κ3) is 8.16. The van der Waals surface area contributed by atoms with Gasteiger partial charge in [0.2, 0.25) is 0 Å². The van der Waals surface area contributed by atoms with Gasteiger partial charge in [0.25, 0.3) is 0 Å². The van der Waals surface area contributed by atoms with Crippen LogP contribution in [0.1, 0.15) is 6.92 Å². The first-order chi connectivity index (χ1) is 5.41. The molecule has 0 unspecified atom stereocenters. The molecule has 0 heteroatoms. The van der Waals surface area contributed by atoms with Crippen molar-refractivity contribution in [2.24, 2.45) is 0 Å². The summed E-state index contributed by atoms with van der Waals surface area (Å²) < 4.78 is 0. The van der Waals surface area contributed by atoms with E-state index in [1.54, 1.807) is 25.2 Å². The molecule has 52 valence electrons. The van der Waals surface area contributed by atoms with Gasteiger partial charge in [0.05, 0.1) is 0 Å². The van der Waals surface area contributed by atoms with Crippen molar-refractivity contribution in [1.29, 1.82) is 0 Å². The van der Waals surface area contributed by atoms with Crippen LogP contribution in [0.4, 0.5) is 0 Å². The summed E-state index contributed by atoms with van der Waals surface area (Å²) >= 11 is 0. The van der Waals surface area contributed by atoms with Crippen LogP contribution in [0.15, 0.2) is 24.8 Å². The predicted molar refractivity (Wildman–Crippen MR) is 48.3 cm³/mol. The Morgan fingerprint density at radius 3 is 2.45 bits per heavy atom. The molecule has 0 aromatic rings. The topological polar surface area (TPSA) is 0 Å². The molecule has 0 aliphatic heterocycles. The standard InChI is InChI=1S/C11H8/c1-3-5-7-9-11-10-8-6-4-2/h3,5,7H,1H2,2H3. The first-order valence-corrected chi connectivity index (χ1v) is 3.11. The van der Waals surface area contributed by atoms with Gasteiger partial charge < -0.3 is 0 Å². The molecule has 0 aliphatic rings. The molecule has 0 bridgehead atoms. The summed E-state index contributed by atoms with van der Waals surface area (Å²) in [6.07, 6.45) is 5.09. The first-order valence-electron chi connectivity index (χ1n) is 3.11. The van der Waals surface area contributed by atoms with Crippen LogP contribution in [0.25, 0.3) is 0 Å². The second-order valence-corrected chi connectivity index (χ2v) is 1.49. The van der Waals surface area contributed by atoms with Crippen molar-refractivity contribution in [3.8, 4) is 35.5 Å². The van der Waals surface area contributed by atoms with Gasteiger partial charge in [0.1, 0.15) is 0 Å². The van der Waals surface area contributed by atoms with Crippen LogP contribution in [0.3, 0.4) is 0 Å². The minimum Gasteiger partial charge on any atom is -0.0990 e. The molecule has 0 N–H and O–H groups in total. The zero-order valence-corrected chi connectivity index (χ0v) is 6.44. The highest BCUT2D eigenvalue weighted by atomic mass is 13.6. The largest absolute Gasteiger partial charge is 0.0990 e. The average Bonchev–Trinajstić information content (AvgIpc) is 2.03. The molecule has 0 saturated heterocycles. The van der Waals surface area contributed by atoms with Gasteiger partial charge in [-0.25, -0.2) is 0 Å². The van der Waals surface area contributed by atoms with Crippen LogP contribution in [0.5, 0.6) is 0 Å². The van der Waals surface area contributed by atoms with Crippen molar-refractivity contribution >= 4 is 0 Å². The minimum atomic E-state index is 1.66. The maximum atomic E-state index is 3.49. The van der Waals surface area contributed by atoms with E-state index in [1.807, 2.05) is 0 Å². The summed E-state index contributed by atoms with van der Waals surface area (Å²) in [4.78, 5) is 0. The van der Waals surface area contributed by atoms with Crippen LogP contribution < -0.4 is 0 Å². The monoisotopic (exact) mass is 140 g/mol. The summed E-state index contributed by atoms with van der Waals surface area (Å²) in [7, 11) is 0. The van der Waals surface area contributed by atoms with E-state index in [4.69, 9.17) is 0 Å². The highest BCUT2D eigenvalue weighted by molar-refractivity contribution is 5.37. The highest BCUT2D eigenvalue weighted by Crippen LogP contribution is 1.67. The Hall–Kier alpha value is -1.84. The third-order valence-electron chi connectivity index (χ3n) is 0.700. The molecule has 0 aromatic heterocycles. The van der Waals surface area contributed by atoms with E-state index >= 15 is 0 Å². The highest BCUT2D eigenvalue weighted by Gasteiger charge is 1.55. The average molecular weight is 140 g/mol. The Bertz CT molecular complexity index is 310. The fraction of sp³-hybridized carbons (Fsp3) is 0.0909. The van der Waals surface area contributed by atoms with Crippen LogP contribution in [0, 0.1) is 35.5 Å². The second kappa shape index (κ2) is 8.16. The van der Waals surface area contributed by atoms with Gasteiger partial charge in [0.15, 0.2) is 0 Å². The summed E-state index contributed by atoms with van der Waals surface area (Å²) in [5.41, 5.74) is 0. The molecule has 0 rings (SSSR count). The van der Waals surface area contributed by atoms with E-state index in [-0.39, 0.29) is 0 Å². The lowest BCUT2D eigenvalue weighted by Gasteiger charge is -1.61. The van der Waals surface area contributed by atoms with E-state index in [0.717, 1.165) is 0 Å². The molecule has 0 fully saturated rings. The number of rotatable bonds is 1. The van der Waals surface area contributed by atoms with Gasteiger partial charge in [0, 0.05) is 0 Å². The van der Waals surface area contributed by atoms with E-state index in [9.17, 15) is 0 Å². The van der Waals surface area contributed by atoms with Crippen LogP contribution in [-0.2, 0) is 0 Å². The van der Waals surface area contributed by atoms with Gasteiger partial charge in [-0.1, -0.05) is 30.6 Å². The second-order valence-electron chi connectivity index (χ2n) is 1.49. The van der Waals surface area contributed by atoms with E-state index in [1.165, 1.54) is 0 Å². The molecule has 0 amide bonds. The molecule has 0 spiro atoms. The Morgan fingerprint density at radius 1 is 1.09 bits per heavy atom. The molecule has 0 atom stereocenters. The molecule has 0 radical (unpaired) electrons. The minimum absolute atomic E-state index is 1.66. The molecule has 0 nitrogen and oxygen atoms in total. The van der Waals surface area contributed by atoms with Gasteiger partial charge in [-0.05, 0) is 36.7 Å². The van der Waals surface area contributed by atoms with Crippen LogP contribution in [-0.4, -0.2) is 0 Å². The number of allylic oxidation sites excluding steroid dienone is 3. The summed E-state index contributed by atoms with van der Waals surface area (Å²) in [6, 6.07) is 0. The zero-order chi connectivity index (χ0) is 8.36. The zero-order valence-electron chi connectivity index (χ0n) is 6.44. The maximum absolute atomic E-state index is 3.49. The Morgan fingerprint density at radius 2 is 1.82 bits per heavy atom. The molecule has 0 aromatic carbocycles. The molecular formula is C11H8. The lowest BCUT2D eigenvalue weighted by Crippen LogP contribution is -1.51. The summed E-state index contributed by atoms with van der Waals surface area (Å²) in [6.45, 7) is 5.23. The number of hydrogen-bond acceptors (Lipinski definition) is 0. The molecule has 0 heterocycles. The van der Waals surface area contributed by atoms with Crippen molar-refractivity contribution in [3.63, 3.8) is 0 Å². The number of hydrogen-bond donors (Lipinski definition) is 0. The van der Waals surface area contributed by atoms with Crippen LogP contribution in [0.2, 0.25) is 0 Å². The summed E-state index contributed by atoms with van der Waals surface area (Å²) in [5.74, 6) is 15.7. The van der Waals surface area contributed by atoms with E-state index in [0.29, 0.717) is 0 Å². The van der Waals surface area contributed by atoms with Gasteiger partial charge in [-0.2, -0.15) is 0 Å². The molecule has 11 heavy (non-hydrogen) atoms. The van der Waals surface area contributed by atoms with Crippen molar-refractivity contribution in [2.75, 3.05) is 0 Å². The Balaban J connectivity index is 3.90. The van der Waals surface area contributed by atoms with Gasteiger partial charge >= 0.3 is 0 Å². The first kappa shape index (κ1) is 9.16. The van der Waals surface area contributed by atoms with E-state index < -0.39 is 0 Å². The maximum Gasteiger partial charge on any atom is -0.000709 e. The van der Waals surface area contributed by atoms with Crippen molar-refractivity contribution in [1.82, 2.24) is 0 Å². The Labute approximate surface area is 68.0 Å². The fourth-order valence-corrected chi connectivity index (χ4v) is 0.319. The van der Waals surface area contributed by atoms with Crippen molar-refractivity contribution in [2.45, 2.75) is 6.92 Å². The smallest absolute Gasteiger partial charge is 0.000709 e. The SMILES string of the molecule is C=CC=CC#CC#CC#CC. The van der Waals surface area contributed by atoms with Gasteiger partial charge in [-0.15, -0.1) is 0 Å². The fourth-order valence-electron chi connectivity index (χ4n) is 0.319. The summed E-state index contributed by atoms with van der Waals surface area (Å²) in [5, 5.41) is 0. The quantitative estimate of drug-likeness (QED) is 0.384. The van der Waals surface area contributed by atoms with Crippen molar-refractivity contribution in [3.05, 3.63) is 24.8 Å². The Kier molecular flexibility index (Phi) is 6.80. The van der Waals surface area contributed by atoms with Gasteiger partial charge in [-0.3, -0.25) is 0 Å².